The summed E-state index contributed by atoms with van der Waals surface area (Å²) >= 11 is 0. The highest BCUT2D eigenvalue weighted by molar-refractivity contribution is 5.80. The van der Waals surface area contributed by atoms with Crippen LogP contribution < -0.4 is 11.2 Å². The van der Waals surface area contributed by atoms with Crippen molar-refractivity contribution in [2.45, 2.75) is 66.3 Å². The minimum absolute atomic E-state index is 0.187. The summed E-state index contributed by atoms with van der Waals surface area (Å²) in [4.78, 5) is 32.3. The number of H-pyrrole nitrogens is 1. The number of hydrogen-bond acceptors (Lipinski definition) is 7. The molecule has 11 nitrogen and oxygen atoms in total. The summed E-state index contributed by atoms with van der Waals surface area (Å²) in [5, 5.41) is 14.3. The normalized spacial score (nSPS) is 12.4. The Kier molecular flexibility index (Phi) is 8.25. The maximum absolute atomic E-state index is 13.9. The van der Waals surface area contributed by atoms with Crippen LogP contribution in [0, 0.1) is 5.92 Å². The smallest absolute Gasteiger partial charge is 0.334 e. The molecule has 0 fully saturated rings. The van der Waals surface area contributed by atoms with Crippen molar-refractivity contribution in [1.29, 1.82) is 0 Å². The van der Waals surface area contributed by atoms with Gasteiger partial charge in [-0.05, 0) is 46.4 Å². The van der Waals surface area contributed by atoms with Crippen LogP contribution in [0.25, 0.3) is 33.7 Å². The van der Waals surface area contributed by atoms with E-state index < -0.39 is 11.9 Å². The minimum Gasteiger partial charge on any atom is -0.361 e. The monoisotopic (exact) mass is 556 g/mol. The van der Waals surface area contributed by atoms with Gasteiger partial charge in [0.1, 0.15) is 12.1 Å². The maximum Gasteiger partial charge on any atom is 0.334 e. The zero-order valence-electron chi connectivity index (χ0n) is 24.2. The number of ether oxygens (including phenoxy) is 1. The maximum atomic E-state index is 13.9. The van der Waals surface area contributed by atoms with Crippen LogP contribution in [0.2, 0.25) is 0 Å². The van der Waals surface area contributed by atoms with Crippen LogP contribution in [-0.2, 0) is 24.2 Å². The van der Waals surface area contributed by atoms with Gasteiger partial charge in [-0.1, -0.05) is 75.7 Å². The summed E-state index contributed by atoms with van der Waals surface area (Å²) in [7, 11) is 1.50. The molecule has 41 heavy (non-hydrogen) atoms. The van der Waals surface area contributed by atoms with Crippen LogP contribution in [0.3, 0.4) is 0 Å². The number of unbranched alkanes of at least 4 members (excludes halogenated alkanes) is 1. The SMILES string of the molecule is CCCCc1nc2c(c(=O)n(C(C)OC)c(=O)n2CC(C)C)n1Cc1ccc(-c2ccccc2-c2nnn[nH]2)cc1. The molecule has 0 aliphatic carbocycles. The molecule has 3 aromatic heterocycles. The van der Waals surface area contributed by atoms with E-state index in [1.807, 2.05) is 42.7 Å². The van der Waals surface area contributed by atoms with Gasteiger partial charge in [0.05, 0.1) is 0 Å². The van der Waals surface area contributed by atoms with Crippen LogP contribution in [0.5, 0.6) is 0 Å². The predicted octanol–water partition coefficient (Wildman–Crippen LogP) is 4.42. The van der Waals surface area contributed by atoms with E-state index in [1.54, 1.807) is 11.5 Å². The Labute approximate surface area is 237 Å². The van der Waals surface area contributed by atoms with Crippen LogP contribution in [0.4, 0.5) is 0 Å². The molecule has 0 radical (unpaired) electrons. The summed E-state index contributed by atoms with van der Waals surface area (Å²) in [5.41, 5.74) is 4.01. The molecule has 1 unspecified atom stereocenters. The lowest BCUT2D eigenvalue weighted by Crippen LogP contribution is -2.43. The van der Waals surface area contributed by atoms with Crippen LogP contribution in [-0.4, -0.2) is 46.4 Å². The first-order valence-corrected chi connectivity index (χ1v) is 14.0. The average molecular weight is 557 g/mol. The van der Waals surface area contributed by atoms with Gasteiger partial charge in [0.25, 0.3) is 5.56 Å². The van der Waals surface area contributed by atoms with E-state index in [9.17, 15) is 9.59 Å². The van der Waals surface area contributed by atoms with Gasteiger partial charge in [0, 0.05) is 32.2 Å². The van der Waals surface area contributed by atoms with Gasteiger partial charge in [-0.2, -0.15) is 0 Å². The summed E-state index contributed by atoms with van der Waals surface area (Å²) in [6, 6.07) is 16.2. The number of aromatic amines is 1. The number of tetrazole rings is 1. The quantitative estimate of drug-likeness (QED) is 0.255. The summed E-state index contributed by atoms with van der Waals surface area (Å²) < 4.78 is 10.2. The molecule has 2 aromatic carbocycles. The molecule has 1 atom stereocenters. The van der Waals surface area contributed by atoms with Crippen LogP contribution in [0.15, 0.2) is 58.1 Å². The largest absolute Gasteiger partial charge is 0.361 e. The number of fused-ring (bicyclic) bond motifs is 1. The van der Waals surface area contributed by atoms with Gasteiger partial charge in [0.2, 0.25) is 0 Å². The van der Waals surface area contributed by atoms with Crippen molar-refractivity contribution >= 4 is 11.2 Å². The third-order valence-electron chi connectivity index (χ3n) is 7.28. The van der Waals surface area contributed by atoms with E-state index >= 15 is 0 Å². The summed E-state index contributed by atoms with van der Waals surface area (Å²) in [5.74, 6) is 1.59. The van der Waals surface area contributed by atoms with Crippen molar-refractivity contribution in [1.82, 2.24) is 39.3 Å². The minimum atomic E-state index is -0.709. The molecular formula is C30H36N8O3. The van der Waals surface area contributed by atoms with E-state index in [1.165, 1.54) is 11.7 Å². The number of aryl methyl sites for hydroxylation is 1. The van der Waals surface area contributed by atoms with E-state index in [0.29, 0.717) is 36.5 Å². The van der Waals surface area contributed by atoms with Gasteiger partial charge < -0.3 is 9.30 Å². The number of benzene rings is 2. The molecule has 5 aromatic rings. The third-order valence-corrected chi connectivity index (χ3v) is 7.28. The molecule has 0 saturated carbocycles. The Morgan fingerprint density at radius 2 is 1.71 bits per heavy atom. The van der Waals surface area contributed by atoms with E-state index in [2.05, 4.69) is 51.8 Å². The molecule has 1 N–H and O–H groups in total. The molecule has 214 valence electrons. The van der Waals surface area contributed by atoms with Gasteiger partial charge in [-0.3, -0.25) is 9.36 Å². The van der Waals surface area contributed by atoms with Crippen molar-refractivity contribution in [3.63, 3.8) is 0 Å². The number of methoxy groups -OCH3 is 1. The predicted molar refractivity (Wildman–Crippen MR) is 158 cm³/mol. The Hall–Kier alpha value is -4.38. The molecule has 0 bridgehead atoms. The number of nitrogens with one attached hydrogen (secondary N) is 1. The van der Waals surface area contributed by atoms with Crippen molar-refractivity contribution in [2.75, 3.05) is 7.11 Å². The fraction of sp³-hybridized carbons (Fsp3) is 0.400. The molecule has 0 spiro atoms. The fourth-order valence-corrected chi connectivity index (χ4v) is 5.14. The van der Waals surface area contributed by atoms with Crippen LogP contribution in [0.1, 0.15) is 58.2 Å². The fourth-order valence-electron chi connectivity index (χ4n) is 5.14. The molecular weight excluding hydrogens is 520 g/mol. The second-order valence-corrected chi connectivity index (χ2v) is 10.7. The van der Waals surface area contributed by atoms with Gasteiger partial charge >= 0.3 is 5.69 Å². The number of nitrogens with zero attached hydrogens (tertiary/aromatic N) is 7. The van der Waals surface area contributed by atoms with Crippen molar-refractivity contribution in [2.24, 2.45) is 5.92 Å². The van der Waals surface area contributed by atoms with E-state index in [0.717, 1.165) is 40.9 Å². The zero-order chi connectivity index (χ0) is 29.1. The molecule has 0 saturated heterocycles. The first-order chi connectivity index (χ1) is 19.8. The number of imidazole rings is 1. The molecule has 0 aliphatic rings. The first kappa shape index (κ1) is 28.2. The molecule has 5 rings (SSSR count). The Morgan fingerprint density at radius 1 is 0.976 bits per heavy atom. The third kappa shape index (κ3) is 5.49. The molecule has 3 heterocycles. The van der Waals surface area contributed by atoms with Crippen molar-refractivity contribution < 1.29 is 4.74 Å². The highest BCUT2D eigenvalue weighted by Crippen LogP contribution is 2.30. The number of hydrogen-bond donors (Lipinski definition) is 1. The summed E-state index contributed by atoms with van der Waals surface area (Å²) in [6.07, 6.45) is 1.91. The van der Waals surface area contributed by atoms with Crippen LogP contribution >= 0.6 is 0 Å². The van der Waals surface area contributed by atoms with Gasteiger partial charge in [0.15, 0.2) is 17.0 Å². The topological polar surface area (TPSA) is 126 Å². The lowest BCUT2D eigenvalue weighted by molar-refractivity contribution is 0.0528. The number of aromatic nitrogens is 8. The van der Waals surface area contributed by atoms with Gasteiger partial charge in [-0.25, -0.2) is 19.4 Å². The van der Waals surface area contributed by atoms with Crippen molar-refractivity contribution in [3.05, 3.63) is 80.8 Å². The molecule has 11 heteroatoms. The molecule has 0 amide bonds. The highest BCUT2D eigenvalue weighted by Gasteiger charge is 2.24. The van der Waals surface area contributed by atoms with Gasteiger partial charge in [-0.15, -0.1) is 5.10 Å². The van der Waals surface area contributed by atoms with Crippen molar-refractivity contribution in [3.8, 4) is 22.5 Å². The second kappa shape index (κ2) is 12.0. The Morgan fingerprint density at radius 3 is 2.34 bits per heavy atom. The zero-order valence-corrected chi connectivity index (χ0v) is 24.2. The Bertz CT molecular complexity index is 1750. The average Bonchev–Trinajstić information content (AvgIpc) is 3.63. The van der Waals surface area contributed by atoms with E-state index in [4.69, 9.17) is 9.72 Å². The molecule has 0 aliphatic heterocycles. The standard InChI is InChI=1S/C30H36N8O3/c1-6-7-12-25-31-28-26(29(39)38(20(4)41-5)30(40)37(28)17-19(2)3)36(25)18-21-13-15-22(16-14-21)23-10-8-9-11-24(23)27-32-34-35-33-27/h8-11,13-16,19-20H,6-7,12,17-18H2,1-5H3,(H,32,33,34,35). The van der Waals surface area contributed by atoms with E-state index in [-0.39, 0.29) is 11.5 Å². The lowest BCUT2D eigenvalue weighted by Gasteiger charge is -2.17. The second-order valence-electron chi connectivity index (χ2n) is 10.7. The number of rotatable bonds is 11. The highest BCUT2D eigenvalue weighted by atomic mass is 16.5. The Balaban J connectivity index is 1.62. The lowest BCUT2D eigenvalue weighted by atomic mass is 9.98. The summed E-state index contributed by atoms with van der Waals surface area (Å²) in [6.45, 7) is 8.81. The first-order valence-electron chi connectivity index (χ1n) is 14.0.